The first kappa shape index (κ1) is 8.67. The third-order valence-corrected chi connectivity index (χ3v) is 2.50. The van der Waals surface area contributed by atoms with Crippen LogP contribution < -0.4 is 11.5 Å². The van der Waals surface area contributed by atoms with Crippen LogP contribution >= 0.6 is 11.3 Å². The zero-order chi connectivity index (χ0) is 8.27. The third kappa shape index (κ3) is 2.00. The van der Waals surface area contributed by atoms with Gasteiger partial charge in [-0.25, -0.2) is 0 Å². The Labute approximate surface area is 69.6 Å². The van der Waals surface area contributed by atoms with Crippen LogP contribution in [0.2, 0.25) is 0 Å². The Kier molecular flexibility index (Phi) is 3.02. The second kappa shape index (κ2) is 3.82. The van der Waals surface area contributed by atoms with Crippen molar-refractivity contribution in [3.8, 4) is 0 Å². The molecule has 0 aliphatic carbocycles. The van der Waals surface area contributed by atoms with E-state index < -0.39 is 6.10 Å². The van der Waals surface area contributed by atoms with E-state index in [9.17, 15) is 5.11 Å². The van der Waals surface area contributed by atoms with Crippen LogP contribution in [0.5, 0.6) is 0 Å². The summed E-state index contributed by atoms with van der Waals surface area (Å²) in [5.41, 5.74) is 10.9. The normalized spacial score (nSPS) is 16.3. The summed E-state index contributed by atoms with van der Waals surface area (Å²) in [7, 11) is 0. The molecule has 2 atom stereocenters. The van der Waals surface area contributed by atoms with Crippen LogP contribution in [0.15, 0.2) is 17.5 Å². The maximum Gasteiger partial charge on any atom is 0.0862 e. The third-order valence-electron chi connectivity index (χ3n) is 1.53. The van der Waals surface area contributed by atoms with E-state index in [2.05, 4.69) is 0 Å². The van der Waals surface area contributed by atoms with E-state index in [0.29, 0.717) is 0 Å². The van der Waals surface area contributed by atoms with Crippen LogP contribution in [0.25, 0.3) is 0 Å². The number of nitrogens with two attached hydrogens (primary N) is 2. The largest absolute Gasteiger partial charge is 0.390 e. The van der Waals surface area contributed by atoms with Crippen LogP contribution in [0.3, 0.4) is 0 Å². The van der Waals surface area contributed by atoms with Gasteiger partial charge in [-0.1, -0.05) is 6.07 Å². The summed E-state index contributed by atoms with van der Waals surface area (Å²) in [5, 5.41) is 11.2. The smallest absolute Gasteiger partial charge is 0.0862 e. The highest BCUT2D eigenvalue weighted by Crippen LogP contribution is 2.18. The lowest BCUT2D eigenvalue weighted by Crippen LogP contribution is -2.32. The number of thiophene rings is 1. The maximum atomic E-state index is 9.25. The molecule has 0 radical (unpaired) electrons. The molecule has 1 rings (SSSR count). The minimum absolute atomic E-state index is 0.207. The molecule has 11 heavy (non-hydrogen) atoms. The highest BCUT2D eigenvalue weighted by molar-refractivity contribution is 7.10. The summed E-state index contributed by atoms with van der Waals surface area (Å²) >= 11 is 1.53. The van der Waals surface area contributed by atoms with E-state index in [1.54, 1.807) is 0 Å². The fourth-order valence-electron chi connectivity index (χ4n) is 0.817. The lowest BCUT2D eigenvalue weighted by Gasteiger charge is -2.14. The first-order valence-electron chi connectivity index (χ1n) is 3.43. The van der Waals surface area contributed by atoms with Gasteiger partial charge >= 0.3 is 0 Å². The van der Waals surface area contributed by atoms with E-state index >= 15 is 0 Å². The highest BCUT2D eigenvalue weighted by Gasteiger charge is 2.15. The zero-order valence-electron chi connectivity index (χ0n) is 6.10. The van der Waals surface area contributed by atoms with E-state index in [1.807, 2.05) is 17.5 Å². The molecule has 0 spiro atoms. The van der Waals surface area contributed by atoms with Crippen LogP contribution in [0.4, 0.5) is 0 Å². The van der Waals surface area contributed by atoms with Gasteiger partial charge in [-0.3, -0.25) is 0 Å². The van der Waals surface area contributed by atoms with Crippen molar-refractivity contribution in [2.75, 3.05) is 6.54 Å². The number of hydrogen-bond donors (Lipinski definition) is 3. The summed E-state index contributed by atoms with van der Waals surface area (Å²) in [5.74, 6) is 0. The molecule has 1 aromatic heterocycles. The van der Waals surface area contributed by atoms with E-state index in [0.717, 1.165) is 4.88 Å². The summed E-state index contributed by atoms with van der Waals surface area (Å²) in [6, 6.07) is 3.47. The number of hydrogen-bond acceptors (Lipinski definition) is 4. The van der Waals surface area contributed by atoms with Gasteiger partial charge in [0.05, 0.1) is 12.1 Å². The van der Waals surface area contributed by atoms with Crippen molar-refractivity contribution >= 4 is 11.3 Å². The van der Waals surface area contributed by atoms with E-state index in [1.165, 1.54) is 11.3 Å². The maximum absolute atomic E-state index is 9.25. The number of aliphatic hydroxyl groups is 1. The lowest BCUT2D eigenvalue weighted by molar-refractivity contribution is 0.154. The average Bonchev–Trinajstić information content (AvgIpc) is 2.53. The molecule has 3 nitrogen and oxygen atoms in total. The number of rotatable bonds is 3. The van der Waals surface area contributed by atoms with Gasteiger partial charge in [0.15, 0.2) is 0 Å². The van der Waals surface area contributed by atoms with Crippen molar-refractivity contribution in [3.05, 3.63) is 22.4 Å². The van der Waals surface area contributed by atoms with Crippen molar-refractivity contribution in [1.82, 2.24) is 0 Å². The Balaban J connectivity index is 2.62. The molecule has 0 fully saturated rings. The second-order valence-corrected chi connectivity index (χ2v) is 3.32. The van der Waals surface area contributed by atoms with Gasteiger partial charge in [-0.2, -0.15) is 0 Å². The van der Waals surface area contributed by atoms with Crippen molar-refractivity contribution in [3.63, 3.8) is 0 Å². The lowest BCUT2D eigenvalue weighted by atomic mass is 10.1. The zero-order valence-corrected chi connectivity index (χ0v) is 6.92. The minimum atomic E-state index is -0.631. The molecule has 0 saturated carbocycles. The van der Waals surface area contributed by atoms with Gasteiger partial charge in [-0.15, -0.1) is 11.3 Å². The summed E-state index contributed by atoms with van der Waals surface area (Å²) in [4.78, 5) is 0.975. The number of aliphatic hydroxyl groups excluding tert-OH is 1. The molecular weight excluding hydrogens is 160 g/mol. The summed E-state index contributed by atoms with van der Waals surface area (Å²) in [6.45, 7) is 0.207. The minimum Gasteiger partial charge on any atom is -0.390 e. The Hall–Kier alpha value is -0.420. The molecule has 2 unspecified atom stereocenters. The molecule has 0 aliphatic heterocycles. The fourth-order valence-corrected chi connectivity index (χ4v) is 1.60. The highest BCUT2D eigenvalue weighted by atomic mass is 32.1. The fraction of sp³-hybridized carbons (Fsp3) is 0.429. The molecule has 62 valence electrons. The monoisotopic (exact) mass is 172 g/mol. The Morgan fingerprint density at radius 2 is 2.36 bits per heavy atom. The van der Waals surface area contributed by atoms with Gasteiger partial charge < -0.3 is 16.6 Å². The van der Waals surface area contributed by atoms with Crippen molar-refractivity contribution in [2.24, 2.45) is 11.5 Å². The van der Waals surface area contributed by atoms with Crippen LogP contribution in [0.1, 0.15) is 10.9 Å². The first-order chi connectivity index (χ1) is 5.25. The molecular formula is C7H12N2OS. The van der Waals surface area contributed by atoms with Crippen LogP contribution in [-0.4, -0.2) is 17.8 Å². The molecule has 0 aliphatic rings. The molecule has 0 saturated heterocycles. The molecule has 1 aromatic rings. The van der Waals surface area contributed by atoms with Crippen molar-refractivity contribution in [2.45, 2.75) is 12.1 Å². The molecule has 5 N–H and O–H groups in total. The summed E-state index contributed by atoms with van der Waals surface area (Å²) in [6.07, 6.45) is -0.631. The van der Waals surface area contributed by atoms with Crippen molar-refractivity contribution < 1.29 is 5.11 Å². The van der Waals surface area contributed by atoms with Gasteiger partial charge in [0.2, 0.25) is 0 Å². The van der Waals surface area contributed by atoms with Crippen LogP contribution in [-0.2, 0) is 0 Å². The molecule has 0 amide bonds. The van der Waals surface area contributed by atoms with Gasteiger partial charge in [-0.05, 0) is 11.4 Å². The van der Waals surface area contributed by atoms with E-state index in [-0.39, 0.29) is 12.6 Å². The molecule has 1 heterocycles. The predicted molar refractivity (Wildman–Crippen MR) is 46.3 cm³/mol. The Morgan fingerprint density at radius 3 is 2.82 bits per heavy atom. The molecule has 4 heteroatoms. The molecule has 0 bridgehead atoms. The first-order valence-corrected chi connectivity index (χ1v) is 4.30. The van der Waals surface area contributed by atoms with Crippen molar-refractivity contribution in [1.29, 1.82) is 0 Å². The van der Waals surface area contributed by atoms with Gasteiger partial charge in [0.25, 0.3) is 0 Å². The SMILES string of the molecule is NCC(O)C(N)c1cccs1. The Morgan fingerprint density at radius 1 is 1.64 bits per heavy atom. The Bertz CT molecular complexity index is 200. The van der Waals surface area contributed by atoms with Gasteiger partial charge in [0, 0.05) is 11.4 Å². The molecule has 0 aromatic carbocycles. The average molecular weight is 172 g/mol. The summed E-state index contributed by atoms with van der Waals surface area (Å²) < 4.78 is 0. The predicted octanol–water partition coefficient (Wildman–Crippen LogP) is 0.0675. The quantitative estimate of drug-likeness (QED) is 0.604. The van der Waals surface area contributed by atoms with Crippen LogP contribution in [0, 0.1) is 0 Å². The topological polar surface area (TPSA) is 72.3 Å². The standard InChI is InChI=1S/C7H12N2OS/c8-4-5(10)7(9)6-2-1-3-11-6/h1-3,5,7,10H,4,8-9H2. The van der Waals surface area contributed by atoms with E-state index in [4.69, 9.17) is 11.5 Å². The second-order valence-electron chi connectivity index (χ2n) is 2.34. The van der Waals surface area contributed by atoms with Gasteiger partial charge in [0.1, 0.15) is 0 Å².